The summed E-state index contributed by atoms with van der Waals surface area (Å²) in [5.41, 5.74) is 1.11. The van der Waals surface area contributed by atoms with Crippen LogP contribution in [0.5, 0.6) is 5.75 Å². The molecular weight excluding hydrogens is 554 g/mol. The van der Waals surface area contributed by atoms with Gasteiger partial charge >= 0.3 is 5.97 Å². The molecule has 2 N–H and O–H groups in total. The molecule has 41 heavy (non-hydrogen) atoms. The number of halogens is 2. The third kappa shape index (κ3) is 4.91. The molecule has 0 bridgehead atoms. The zero-order valence-corrected chi connectivity index (χ0v) is 24.5. The molecule has 11 heteroatoms. The molecular formula is C30H32F2N2O6S. The van der Waals surface area contributed by atoms with Crippen molar-refractivity contribution in [3.63, 3.8) is 0 Å². The molecule has 0 radical (unpaired) electrons. The van der Waals surface area contributed by atoms with Crippen molar-refractivity contribution in [1.82, 2.24) is 0 Å². The normalized spacial score (nSPS) is 15.3. The van der Waals surface area contributed by atoms with Crippen LogP contribution in [0, 0.1) is 25.5 Å². The predicted molar refractivity (Wildman–Crippen MR) is 153 cm³/mol. The van der Waals surface area contributed by atoms with Crippen molar-refractivity contribution >= 4 is 27.4 Å². The van der Waals surface area contributed by atoms with E-state index in [0.717, 1.165) is 10.6 Å². The molecule has 3 aromatic carbocycles. The van der Waals surface area contributed by atoms with Crippen molar-refractivity contribution in [1.29, 1.82) is 0 Å². The molecule has 5 rings (SSSR count). The average Bonchev–Trinajstić information content (AvgIpc) is 2.88. The lowest BCUT2D eigenvalue weighted by Crippen LogP contribution is -2.35. The topological polar surface area (TPSA) is 105 Å². The van der Waals surface area contributed by atoms with Gasteiger partial charge in [0.05, 0.1) is 24.1 Å². The molecule has 2 aliphatic rings. The van der Waals surface area contributed by atoms with Gasteiger partial charge in [0.15, 0.2) is 11.9 Å². The Balaban J connectivity index is 1.98. The van der Waals surface area contributed by atoms with Crippen LogP contribution in [0.2, 0.25) is 0 Å². The number of rotatable bonds is 5. The van der Waals surface area contributed by atoms with E-state index in [9.17, 15) is 18.3 Å². The quantitative estimate of drug-likeness (QED) is 0.381. The van der Waals surface area contributed by atoms with Gasteiger partial charge in [0.2, 0.25) is 10.0 Å². The number of sulfonamides is 1. The van der Waals surface area contributed by atoms with Gasteiger partial charge in [-0.2, -0.15) is 0 Å². The molecule has 0 aromatic heterocycles. The largest absolute Gasteiger partial charge is 0.489 e. The summed E-state index contributed by atoms with van der Waals surface area (Å²) in [6.07, 6.45) is -0.560. The summed E-state index contributed by atoms with van der Waals surface area (Å²) in [5.74, 6) is -2.27. The first-order chi connectivity index (χ1) is 19.1. The monoisotopic (exact) mass is 586 g/mol. The third-order valence-electron chi connectivity index (χ3n) is 7.32. The Morgan fingerprint density at radius 3 is 2.44 bits per heavy atom. The minimum atomic E-state index is -3.91. The standard InChI is InChI=1S/C30H32F2N2O6S/c1-15-21(18-10-11-20-26(25(18)32)33-12-13-39-20)23(28(29(35)36)40-30(3,4)5)16(2)27-22(15)24-17(8-7-9-19(24)31)14-34(27)41(6,37)38/h7-11,28,33H,12-14H2,1-6H3,(H,35,36)/t28-/m0/s1. The Morgan fingerprint density at radius 1 is 1.10 bits per heavy atom. The van der Waals surface area contributed by atoms with Crippen molar-refractivity contribution in [2.45, 2.75) is 52.9 Å². The van der Waals surface area contributed by atoms with Gasteiger partial charge in [-0.25, -0.2) is 22.0 Å². The fourth-order valence-electron chi connectivity index (χ4n) is 5.76. The summed E-state index contributed by atoms with van der Waals surface area (Å²) in [7, 11) is -3.91. The van der Waals surface area contributed by atoms with Crippen molar-refractivity contribution in [3.05, 3.63) is 64.2 Å². The molecule has 218 valence electrons. The van der Waals surface area contributed by atoms with Crippen LogP contribution in [-0.2, 0) is 26.1 Å². The van der Waals surface area contributed by atoms with Gasteiger partial charge in [-0.05, 0) is 75.1 Å². The van der Waals surface area contributed by atoms with Crippen LogP contribution in [0.15, 0.2) is 30.3 Å². The molecule has 0 amide bonds. The molecule has 0 fully saturated rings. The highest BCUT2D eigenvalue weighted by Gasteiger charge is 2.40. The van der Waals surface area contributed by atoms with Crippen LogP contribution < -0.4 is 14.4 Å². The Labute approximate surface area is 237 Å². The zero-order valence-electron chi connectivity index (χ0n) is 23.7. The maximum absolute atomic E-state index is 16.3. The second-order valence-corrected chi connectivity index (χ2v) is 13.2. The molecule has 2 aliphatic heterocycles. The molecule has 0 aliphatic carbocycles. The number of nitrogens with one attached hydrogen (secondary N) is 1. The molecule has 0 unspecified atom stereocenters. The number of aliphatic carboxylic acids is 1. The highest BCUT2D eigenvalue weighted by molar-refractivity contribution is 7.92. The van der Waals surface area contributed by atoms with Crippen molar-refractivity contribution in [3.8, 4) is 28.0 Å². The number of nitrogens with zero attached hydrogens (tertiary/aromatic N) is 1. The van der Waals surface area contributed by atoms with E-state index >= 15 is 8.78 Å². The average molecular weight is 587 g/mol. The molecule has 0 saturated heterocycles. The highest BCUT2D eigenvalue weighted by Crippen LogP contribution is 2.53. The molecule has 3 aromatic rings. The van der Waals surface area contributed by atoms with Gasteiger partial charge in [-0.15, -0.1) is 0 Å². The van der Waals surface area contributed by atoms with Gasteiger partial charge in [-0.3, -0.25) is 4.31 Å². The molecule has 0 saturated carbocycles. The summed E-state index contributed by atoms with van der Waals surface area (Å²) >= 11 is 0. The number of hydrogen-bond donors (Lipinski definition) is 2. The number of carboxylic acids is 1. The Kier molecular flexibility index (Phi) is 7.02. The maximum atomic E-state index is 16.3. The number of hydrogen-bond acceptors (Lipinski definition) is 6. The van der Waals surface area contributed by atoms with E-state index in [1.165, 1.54) is 18.2 Å². The Bertz CT molecular complexity index is 1700. The smallest absolute Gasteiger partial charge is 0.337 e. The van der Waals surface area contributed by atoms with E-state index in [-0.39, 0.29) is 51.3 Å². The summed E-state index contributed by atoms with van der Waals surface area (Å²) in [4.78, 5) is 12.8. The minimum absolute atomic E-state index is 0.0540. The van der Waals surface area contributed by atoms with E-state index in [4.69, 9.17) is 9.47 Å². The van der Waals surface area contributed by atoms with Crippen LogP contribution in [0.25, 0.3) is 22.3 Å². The third-order valence-corrected chi connectivity index (χ3v) is 8.43. The summed E-state index contributed by atoms with van der Waals surface area (Å²) in [5, 5.41) is 13.4. The summed E-state index contributed by atoms with van der Waals surface area (Å²) in [6, 6.07) is 7.52. The van der Waals surface area contributed by atoms with Gasteiger partial charge in [0.25, 0.3) is 0 Å². The number of anilines is 2. The Hall–Kier alpha value is -3.70. The first kappa shape index (κ1) is 28.8. The zero-order chi connectivity index (χ0) is 30.0. The van der Waals surface area contributed by atoms with Crippen LogP contribution in [0.3, 0.4) is 0 Å². The van der Waals surface area contributed by atoms with Gasteiger partial charge in [0.1, 0.15) is 23.9 Å². The fraction of sp³-hybridized carbons (Fsp3) is 0.367. The van der Waals surface area contributed by atoms with Gasteiger partial charge in [0, 0.05) is 28.8 Å². The number of ether oxygens (including phenoxy) is 2. The van der Waals surface area contributed by atoms with Crippen LogP contribution >= 0.6 is 0 Å². The summed E-state index contributed by atoms with van der Waals surface area (Å²) < 4.78 is 70.9. The number of fused-ring (bicyclic) bond motifs is 4. The molecule has 0 spiro atoms. The van der Waals surface area contributed by atoms with E-state index < -0.39 is 39.3 Å². The molecule has 2 heterocycles. The molecule has 1 atom stereocenters. The highest BCUT2D eigenvalue weighted by atomic mass is 32.2. The van der Waals surface area contributed by atoms with E-state index in [1.807, 2.05) is 0 Å². The van der Waals surface area contributed by atoms with Crippen molar-refractivity contribution in [2.24, 2.45) is 0 Å². The lowest BCUT2D eigenvalue weighted by atomic mass is 9.79. The van der Waals surface area contributed by atoms with Crippen LogP contribution in [0.1, 0.15) is 49.1 Å². The predicted octanol–water partition coefficient (Wildman–Crippen LogP) is 5.94. The van der Waals surface area contributed by atoms with Crippen molar-refractivity contribution < 1.29 is 36.6 Å². The lowest BCUT2D eigenvalue weighted by Gasteiger charge is -2.37. The molecule has 8 nitrogen and oxygen atoms in total. The number of benzene rings is 3. The van der Waals surface area contributed by atoms with Gasteiger partial charge < -0.3 is 19.9 Å². The maximum Gasteiger partial charge on any atom is 0.337 e. The van der Waals surface area contributed by atoms with Crippen molar-refractivity contribution in [2.75, 3.05) is 29.0 Å². The SMILES string of the molecule is Cc1c(-c2ccc3c(c2F)NCCO3)c([C@H](OC(C)(C)C)C(=O)O)c(C)c2c1-c1c(F)cccc1CN2S(C)(=O)=O. The van der Waals surface area contributed by atoms with E-state index in [1.54, 1.807) is 46.8 Å². The lowest BCUT2D eigenvalue weighted by molar-refractivity contribution is -0.160. The van der Waals surface area contributed by atoms with Gasteiger partial charge in [-0.1, -0.05) is 12.1 Å². The van der Waals surface area contributed by atoms with E-state index in [2.05, 4.69) is 5.32 Å². The second-order valence-electron chi connectivity index (χ2n) is 11.3. The second kappa shape index (κ2) is 9.99. The first-order valence-corrected chi connectivity index (χ1v) is 15.0. The number of carbonyl (C=O) groups is 1. The summed E-state index contributed by atoms with van der Waals surface area (Å²) in [6.45, 7) is 8.85. The fourth-order valence-corrected chi connectivity index (χ4v) is 6.69. The Morgan fingerprint density at radius 2 is 1.80 bits per heavy atom. The first-order valence-electron chi connectivity index (χ1n) is 13.1. The van der Waals surface area contributed by atoms with E-state index in [0.29, 0.717) is 30.0 Å². The van der Waals surface area contributed by atoms with Crippen LogP contribution in [0.4, 0.5) is 20.2 Å². The number of carboxylic acid groups (broad SMARTS) is 1. The minimum Gasteiger partial charge on any atom is -0.489 e. The van der Waals surface area contributed by atoms with Crippen LogP contribution in [-0.4, -0.2) is 44.5 Å².